The summed E-state index contributed by atoms with van der Waals surface area (Å²) in [4.78, 5) is 0. The van der Waals surface area contributed by atoms with E-state index in [4.69, 9.17) is 5.26 Å². The fourth-order valence-electron chi connectivity index (χ4n) is 0.635. The Labute approximate surface area is 67.2 Å². The Hall–Kier alpha value is -0.500. The highest BCUT2D eigenvalue weighted by Gasteiger charge is 1.96. The van der Waals surface area contributed by atoms with E-state index in [9.17, 15) is 0 Å². The van der Waals surface area contributed by atoms with Crippen LogP contribution in [0.3, 0.4) is 0 Å². The second-order valence-corrected chi connectivity index (χ2v) is 3.01. The van der Waals surface area contributed by atoms with Gasteiger partial charge in [-0.15, -0.1) is 0 Å². The van der Waals surface area contributed by atoms with Crippen molar-refractivity contribution in [2.45, 2.75) is 0 Å². The summed E-state index contributed by atoms with van der Waals surface area (Å²) in [5.74, 6) is 0. The van der Waals surface area contributed by atoms with Crippen LogP contribution < -0.4 is 0 Å². The van der Waals surface area contributed by atoms with Gasteiger partial charge in [-0.25, -0.2) is 0 Å². The largest absolute Gasteiger partial charge is 0.341 e. The fourth-order valence-corrected chi connectivity index (χ4v) is 1.35. The molecule has 46 valence electrons. The van der Waals surface area contributed by atoms with E-state index in [0.717, 1.165) is 3.57 Å². The third-order valence-corrected chi connectivity index (χ3v) is 1.68. The molecule has 0 fully saturated rings. The zero-order chi connectivity index (χ0) is 6.85. The summed E-state index contributed by atoms with van der Waals surface area (Å²) in [5, 5.41) is 8.46. The monoisotopic (exact) mass is 232 g/mol. The van der Waals surface area contributed by atoms with Crippen molar-refractivity contribution < 1.29 is 0 Å². The van der Waals surface area contributed by atoms with Gasteiger partial charge in [-0.05, 0) is 28.7 Å². The summed E-state index contributed by atoms with van der Waals surface area (Å²) in [6.07, 6.45) is 1.92. The minimum Gasteiger partial charge on any atom is -0.341 e. The van der Waals surface area contributed by atoms with Crippen molar-refractivity contribution in [1.29, 1.82) is 5.26 Å². The molecule has 1 aromatic rings. The minimum atomic E-state index is 0.708. The average Bonchev–Trinajstić information content (AvgIpc) is 2.10. The van der Waals surface area contributed by atoms with Gasteiger partial charge in [0.2, 0.25) is 0 Å². The summed E-state index contributed by atoms with van der Waals surface area (Å²) >= 11 is 2.18. The van der Waals surface area contributed by atoms with E-state index in [2.05, 4.69) is 28.7 Å². The summed E-state index contributed by atoms with van der Waals surface area (Å²) < 4.78 is 2.91. The van der Waals surface area contributed by atoms with Crippen molar-refractivity contribution in [3.8, 4) is 6.07 Å². The van der Waals surface area contributed by atoms with Crippen LogP contribution in [-0.4, -0.2) is 4.57 Å². The normalized spacial score (nSPS) is 9.00. The molecule has 0 radical (unpaired) electrons. The quantitative estimate of drug-likeness (QED) is 0.623. The smallest absolute Gasteiger partial charge is 0.121 e. The number of aryl methyl sites for hydroxylation is 1. The molecule has 0 saturated carbocycles. The topological polar surface area (TPSA) is 28.7 Å². The zero-order valence-corrected chi connectivity index (χ0v) is 7.08. The molecule has 0 aliphatic carbocycles. The molecule has 9 heavy (non-hydrogen) atoms. The van der Waals surface area contributed by atoms with E-state index in [1.165, 1.54) is 0 Å². The Morgan fingerprint density at radius 1 is 1.78 bits per heavy atom. The molecule has 3 heteroatoms. The average molecular weight is 232 g/mol. The second-order valence-electron chi connectivity index (χ2n) is 1.77. The molecule has 0 spiro atoms. The van der Waals surface area contributed by atoms with E-state index in [1.54, 1.807) is 0 Å². The molecule has 0 aliphatic rings. The van der Waals surface area contributed by atoms with E-state index in [1.807, 2.05) is 23.9 Å². The van der Waals surface area contributed by atoms with Gasteiger partial charge < -0.3 is 4.57 Å². The van der Waals surface area contributed by atoms with Crippen molar-refractivity contribution in [2.75, 3.05) is 0 Å². The van der Waals surface area contributed by atoms with Crippen molar-refractivity contribution in [1.82, 2.24) is 4.57 Å². The SMILES string of the molecule is Cn1cc(I)cc1C#N. The molecule has 2 nitrogen and oxygen atoms in total. The van der Waals surface area contributed by atoms with Crippen LogP contribution in [0.15, 0.2) is 12.3 Å². The van der Waals surface area contributed by atoms with Crippen molar-refractivity contribution in [2.24, 2.45) is 7.05 Å². The summed E-state index contributed by atoms with van der Waals surface area (Å²) in [6, 6.07) is 3.92. The standard InChI is InChI=1S/C6H5IN2/c1-9-4-5(7)2-6(9)3-8/h2,4H,1H3. The van der Waals surface area contributed by atoms with Gasteiger partial charge in [-0.3, -0.25) is 0 Å². The fraction of sp³-hybridized carbons (Fsp3) is 0.167. The van der Waals surface area contributed by atoms with Crippen molar-refractivity contribution >= 4 is 22.6 Å². The zero-order valence-electron chi connectivity index (χ0n) is 4.93. The molecule has 1 rings (SSSR count). The molecule has 0 N–H and O–H groups in total. The van der Waals surface area contributed by atoms with E-state index >= 15 is 0 Å². The lowest BCUT2D eigenvalue weighted by molar-refractivity contribution is 0.907. The Bertz CT molecular complexity index is 257. The van der Waals surface area contributed by atoms with Gasteiger partial charge >= 0.3 is 0 Å². The van der Waals surface area contributed by atoms with Gasteiger partial charge in [0.25, 0.3) is 0 Å². The molecule has 0 amide bonds. The Balaban J connectivity index is 3.20. The Morgan fingerprint density at radius 2 is 2.44 bits per heavy atom. The molecule has 0 aliphatic heterocycles. The first kappa shape index (κ1) is 6.62. The predicted molar refractivity (Wildman–Crippen MR) is 42.8 cm³/mol. The summed E-state index contributed by atoms with van der Waals surface area (Å²) in [5.41, 5.74) is 0.708. The Morgan fingerprint density at radius 3 is 2.67 bits per heavy atom. The molecule has 0 bridgehead atoms. The third kappa shape index (κ3) is 1.24. The van der Waals surface area contributed by atoms with E-state index in [-0.39, 0.29) is 0 Å². The van der Waals surface area contributed by atoms with Crippen LogP contribution in [0.1, 0.15) is 5.69 Å². The van der Waals surface area contributed by atoms with Gasteiger partial charge in [0.1, 0.15) is 11.8 Å². The Kier molecular flexibility index (Phi) is 1.76. The lowest BCUT2D eigenvalue weighted by atomic mass is 10.5. The number of nitrogens with zero attached hydrogens (tertiary/aromatic N) is 2. The number of nitriles is 1. The van der Waals surface area contributed by atoms with Crippen LogP contribution in [0.4, 0.5) is 0 Å². The first-order valence-corrected chi connectivity index (χ1v) is 3.54. The van der Waals surface area contributed by atoms with Gasteiger partial charge in [0, 0.05) is 16.8 Å². The molecule has 0 saturated heterocycles. The molecule has 1 heterocycles. The third-order valence-electron chi connectivity index (χ3n) is 1.09. The molecular formula is C6H5IN2. The van der Waals surface area contributed by atoms with Crippen LogP contribution in [0.2, 0.25) is 0 Å². The summed E-state index contributed by atoms with van der Waals surface area (Å²) in [7, 11) is 1.86. The van der Waals surface area contributed by atoms with E-state index in [0.29, 0.717) is 5.69 Å². The summed E-state index contributed by atoms with van der Waals surface area (Å²) in [6.45, 7) is 0. The molecule has 0 unspecified atom stereocenters. The van der Waals surface area contributed by atoms with Gasteiger partial charge in [0.05, 0.1) is 0 Å². The highest BCUT2D eigenvalue weighted by molar-refractivity contribution is 14.1. The van der Waals surface area contributed by atoms with Crippen LogP contribution >= 0.6 is 22.6 Å². The lowest BCUT2D eigenvalue weighted by Gasteiger charge is -1.86. The first-order valence-electron chi connectivity index (χ1n) is 2.46. The van der Waals surface area contributed by atoms with Crippen LogP contribution in [0.25, 0.3) is 0 Å². The second kappa shape index (κ2) is 2.40. The van der Waals surface area contributed by atoms with Crippen molar-refractivity contribution in [3.63, 3.8) is 0 Å². The van der Waals surface area contributed by atoms with E-state index < -0.39 is 0 Å². The lowest BCUT2D eigenvalue weighted by Crippen LogP contribution is -1.86. The minimum absolute atomic E-state index is 0.708. The van der Waals surface area contributed by atoms with Crippen molar-refractivity contribution in [3.05, 3.63) is 21.5 Å². The molecular weight excluding hydrogens is 227 g/mol. The predicted octanol–water partition coefficient (Wildman–Crippen LogP) is 1.50. The number of rotatable bonds is 0. The number of hydrogen-bond donors (Lipinski definition) is 0. The highest BCUT2D eigenvalue weighted by Crippen LogP contribution is 2.07. The maximum absolute atomic E-state index is 8.46. The number of aromatic nitrogens is 1. The molecule has 0 aromatic carbocycles. The molecule has 1 aromatic heterocycles. The maximum atomic E-state index is 8.46. The van der Waals surface area contributed by atoms with Crippen LogP contribution in [0.5, 0.6) is 0 Å². The van der Waals surface area contributed by atoms with Gasteiger partial charge in [-0.1, -0.05) is 0 Å². The van der Waals surface area contributed by atoms with Gasteiger partial charge in [0.15, 0.2) is 0 Å². The number of hydrogen-bond acceptors (Lipinski definition) is 1. The highest BCUT2D eigenvalue weighted by atomic mass is 127. The molecule has 0 atom stereocenters. The van der Waals surface area contributed by atoms with Gasteiger partial charge in [-0.2, -0.15) is 5.26 Å². The van der Waals surface area contributed by atoms with Crippen LogP contribution in [-0.2, 0) is 7.05 Å². The van der Waals surface area contributed by atoms with Crippen LogP contribution in [0, 0.1) is 14.9 Å². The maximum Gasteiger partial charge on any atom is 0.121 e. The first-order chi connectivity index (χ1) is 4.24. The number of halogens is 1.